The summed E-state index contributed by atoms with van der Waals surface area (Å²) in [6, 6.07) is 14.4. The highest BCUT2D eigenvalue weighted by atomic mass is 35.5. The van der Waals surface area contributed by atoms with E-state index in [-0.39, 0.29) is 4.90 Å². The third-order valence-electron chi connectivity index (χ3n) is 3.90. The molecule has 0 aliphatic rings. The molecule has 0 bridgehead atoms. The molecular formula is C18H18ClN3O2S2. The van der Waals surface area contributed by atoms with Gasteiger partial charge in [-0.25, -0.2) is 17.7 Å². The van der Waals surface area contributed by atoms with Crippen LogP contribution < -0.4 is 4.80 Å². The van der Waals surface area contributed by atoms with E-state index >= 15 is 0 Å². The van der Waals surface area contributed by atoms with Gasteiger partial charge in [-0.15, -0.1) is 11.3 Å². The Bertz CT molecular complexity index is 1100. The molecule has 3 rings (SSSR count). The fraction of sp³-hybridized carbons (Fsp3) is 0.167. The lowest BCUT2D eigenvalue weighted by Gasteiger charge is -2.13. The van der Waals surface area contributed by atoms with Gasteiger partial charge < -0.3 is 4.57 Å². The average Bonchev–Trinajstić information content (AvgIpc) is 2.96. The van der Waals surface area contributed by atoms with Gasteiger partial charge >= 0.3 is 0 Å². The van der Waals surface area contributed by atoms with Crippen molar-refractivity contribution < 1.29 is 8.42 Å². The molecule has 1 aromatic heterocycles. The van der Waals surface area contributed by atoms with Crippen molar-refractivity contribution in [2.75, 3.05) is 14.1 Å². The third-order valence-corrected chi connectivity index (χ3v) is 6.96. The number of halogens is 1. The summed E-state index contributed by atoms with van der Waals surface area (Å²) in [5, 5.41) is 2.41. The van der Waals surface area contributed by atoms with E-state index in [4.69, 9.17) is 11.6 Å². The topological polar surface area (TPSA) is 54.7 Å². The molecular weight excluding hydrogens is 390 g/mol. The Labute approximate surface area is 161 Å². The van der Waals surface area contributed by atoms with Crippen molar-refractivity contribution >= 4 is 38.6 Å². The zero-order valence-electron chi connectivity index (χ0n) is 14.5. The molecule has 3 aromatic rings. The second-order valence-electron chi connectivity index (χ2n) is 5.84. The van der Waals surface area contributed by atoms with Crippen LogP contribution in [0, 0.1) is 0 Å². The zero-order valence-corrected chi connectivity index (χ0v) is 16.9. The predicted molar refractivity (Wildman–Crippen MR) is 106 cm³/mol. The monoisotopic (exact) mass is 407 g/mol. The normalized spacial score (nSPS) is 12.7. The zero-order chi connectivity index (χ0) is 18.9. The van der Waals surface area contributed by atoms with Gasteiger partial charge in [0, 0.05) is 37.1 Å². The molecule has 136 valence electrons. The summed E-state index contributed by atoms with van der Waals surface area (Å²) in [7, 11) is 1.36. The Balaban J connectivity index is 2.13. The largest absolute Gasteiger partial charge is 0.319 e. The van der Waals surface area contributed by atoms with Gasteiger partial charge in [-0.3, -0.25) is 0 Å². The van der Waals surface area contributed by atoms with E-state index in [0.717, 1.165) is 16.2 Å². The first-order chi connectivity index (χ1) is 12.3. The summed E-state index contributed by atoms with van der Waals surface area (Å²) in [5.74, 6) is 0. The predicted octanol–water partition coefficient (Wildman–Crippen LogP) is 3.89. The van der Waals surface area contributed by atoms with E-state index in [1.165, 1.54) is 35.8 Å². The average molecular weight is 408 g/mol. The molecule has 0 spiro atoms. The van der Waals surface area contributed by atoms with Crippen LogP contribution in [0.25, 0.3) is 11.3 Å². The van der Waals surface area contributed by atoms with E-state index in [9.17, 15) is 8.42 Å². The van der Waals surface area contributed by atoms with E-state index in [0.29, 0.717) is 10.6 Å². The molecule has 0 saturated heterocycles. The molecule has 0 radical (unpaired) electrons. The molecule has 0 unspecified atom stereocenters. The number of para-hydroxylation sites is 1. The molecule has 5 nitrogen and oxygen atoms in total. The fourth-order valence-corrected chi connectivity index (χ4v) is 4.46. The van der Waals surface area contributed by atoms with Crippen LogP contribution in [-0.2, 0) is 17.1 Å². The van der Waals surface area contributed by atoms with Crippen LogP contribution in [0.1, 0.15) is 0 Å². The minimum Gasteiger partial charge on any atom is -0.319 e. The molecule has 0 N–H and O–H groups in total. The summed E-state index contributed by atoms with van der Waals surface area (Å²) in [6.07, 6.45) is 0. The molecule has 0 saturated carbocycles. The number of hydrogen-bond donors (Lipinski definition) is 0. The maximum Gasteiger partial charge on any atom is 0.242 e. The first-order valence-electron chi connectivity index (χ1n) is 7.77. The SMILES string of the molecule is CN(C)S(=O)(=O)c1ccc(Cl)c(-c2csc(=Nc3ccccc3)n2C)c1. The summed E-state index contributed by atoms with van der Waals surface area (Å²) >= 11 is 7.83. The second-order valence-corrected chi connectivity index (χ2v) is 9.23. The van der Waals surface area contributed by atoms with Crippen LogP contribution in [0.15, 0.2) is 63.8 Å². The maximum atomic E-state index is 12.4. The van der Waals surface area contributed by atoms with Gasteiger partial charge in [0.15, 0.2) is 4.80 Å². The number of benzene rings is 2. The molecule has 0 amide bonds. The second kappa shape index (κ2) is 7.36. The molecule has 2 aromatic carbocycles. The lowest BCUT2D eigenvalue weighted by Crippen LogP contribution is -2.22. The van der Waals surface area contributed by atoms with Gasteiger partial charge in [0.25, 0.3) is 0 Å². The van der Waals surface area contributed by atoms with Crippen LogP contribution in [0.5, 0.6) is 0 Å². The molecule has 0 aliphatic carbocycles. The Morgan fingerprint density at radius 1 is 1.12 bits per heavy atom. The number of aromatic nitrogens is 1. The highest BCUT2D eigenvalue weighted by Gasteiger charge is 2.20. The summed E-state index contributed by atoms with van der Waals surface area (Å²) in [4.78, 5) is 5.63. The third kappa shape index (κ3) is 3.61. The molecule has 0 atom stereocenters. The van der Waals surface area contributed by atoms with Crippen LogP contribution in [0.2, 0.25) is 5.02 Å². The highest BCUT2D eigenvalue weighted by molar-refractivity contribution is 7.89. The molecule has 26 heavy (non-hydrogen) atoms. The Kier molecular flexibility index (Phi) is 5.34. The summed E-state index contributed by atoms with van der Waals surface area (Å²) < 4.78 is 27.9. The lowest BCUT2D eigenvalue weighted by molar-refractivity contribution is 0.521. The fourth-order valence-electron chi connectivity index (χ4n) is 2.40. The standard InChI is InChI=1S/C18H18ClN3O2S2/c1-21(2)26(23,24)14-9-10-16(19)15(11-14)17-12-25-18(22(17)3)20-13-7-5-4-6-8-13/h4-12H,1-3H3. The van der Waals surface area contributed by atoms with Crippen molar-refractivity contribution in [1.29, 1.82) is 0 Å². The minimum absolute atomic E-state index is 0.203. The van der Waals surface area contributed by atoms with Gasteiger partial charge in [0.1, 0.15) is 0 Å². The van der Waals surface area contributed by atoms with Crippen molar-refractivity contribution in [3.05, 3.63) is 63.7 Å². The number of rotatable bonds is 4. The van der Waals surface area contributed by atoms with Crippen molar-refractivity contribution in [3.63, 3.8) is 0 Å². The van der Waals surface area contributed by atoms with Crippen LogP contribution in [0.4, 0.5) is 5.69 Å². The van der Waals surface area contributed by atoms with E-state index < -0.39 is 10.0 Å². The van der Waals surface area contributed by atoms with Gasteiger partial charge in [-0.2, -0.15) is 0 Å². The van der Waals surface area contributed by atoms with Gasteiger partial charge in [-0.1, -0.05) is 29.8 Å². The van der Waals surface area contributed by atoms with E-state index in [1.807, 2.05) is 47.3 Å². The van der Waals surface area contributed by atoms with E-state index in [1.54, 1.807) is 12.1 Å². The first-order valence-corrected chi connectivity index (χ1v) is 10.5. The van der Waals surface area contributed by atoms with Crippen molar-refractivity contribution in [2.24, 2.45) is 12.0 Å². The van der Waals surface area contributed by atoms with Crippen LogP contribution in [-0.4, -0.2) is 31.4 Å². The number of sulfonamides is 1. The van der Waals surface area contributed by atoms with Crippen LogP contribution in [0.3, 0.4) is 0 Å². The molecule has 8 heteroatoms. The van der Waals surface area contributed by atoms with Crippen molar-refractivity contribution in [3.8, 4) is 11.3 Å². The van der Waals surface area contributed by atoms with E-state index in [2.05, 4.69) is 4.99 Å². The summed E-state index contributed by atoms with van der Waals surface area (Å²) in [5.41, 5.74) is 2.32. The van der Waals surface area contributed by atoms with Gasteiger partial charge in [-0.05, 0) is 30.3 Å². The van der Waals surface area contributed by atoms with Gasteiger partial charge in [0.05, 0.1) is 16.3 Å². The Morgan fingerprint density at radius 2 is 1.81 bits per heavy atom. The van der Waals surface area contributed by atoms with Crippen molar-refractivity contribution in [2.45, 2.75) is 4.90 Å². The minimum atomic E-state index is -3.53. The molecule has 0 fully saturated rings. The quantitative estimate of drug-likeness (QED) is 0.658. The molecule has 1 heterocycles. The smallest absolute Gasteiger partial charge is 0.242 e. The van der Waals surface area contributed by atoms with Gasteiger partial charge in [0.2, 0.25) is 10.0 Å². The first kappa shape index (κ1) is 18.8. The number of thiazole rings is 1. The number of hydrogen-bond acceptors (Lipinski definition) is 4. The Hall–Kier alpha value is -1.93. The van der Waals surface area contributed by atoms with Crippen LogP contribution >= 0.6 is 22.9 Å². The van der Waals surface area contributed by atoms with Crippen molar-refractivity contribution in [1.82, 2.24) is 8.87 Å². The Morgan fingerprint density at radius 3 is 2.46 bits per heavy atom. The maximum absolute atomic E-state index is 12.4. The number of nitrogens with zero attached hydrogens (tertiary/aromatic N) is 3. The molecule has 0 aliphatic heterocycles. The lowest BCUT2D eigenvalue weighted by atomic mass is 10.2. The highest BCUT2D eigenvalue weighted by Crippen LogP contribution is 2.31. The summed E-state index contributed by atoms with van der Waals surface area (Å²) in [6.45, 7) is 0.